The van der Waals surface area contributed by atoms with Gasteiger partial charge < -0.3 is 5.73 Å². The van der Waals surface area contributed by atoms with Crippen molar-refractivity contribution in [3.63, 3.8) is 0 Å². The van der Waals surface area contributed by atoms with E-state index >= 15 is 0 Å². The van der Waals surface area contributed by atoms with Crippen LogP contribution in [-0.2, 0) is 0 Å². The highest BCUT2D eigenvalue weighted by atomic mass is 79.9. The number of nitrogen functional groups attached to an aromatic ring is 1. The third-order valence-corrected chi connectivity index (χ3v) is 3.62. The van der Waals surface area contributed by atoms with E-state index in [4.69, 9.17) is 5.73 Å². The maximum absolute atomic E-state index is 13.3. The van der Waals surface area contributed by atoms with Crippen molar-refractivity contribution in [3.8, 4) is 11.3 Å². The quantitative estimate of drug-likeness (QED) is 0.741. The molecule has 0 saturated carbocycles. The lowest BCUT2D eigenvalue weighted by atomic mass is 10.1. The van der Waals surface area contributed by atoms with E-state index in [-0.39, 0.29) is 5.82 Å². The van der Waals surface area contributed by atoms with Crippen LogP contribution >= 0.6 is 15.9 Å². The molecule has 3 aromatic rings. The fourth-order valence-electron chi connectivity index (χ4n) is 2.02. The second kappa shape index (κ2) is 4.35. The number of benzene rings is 1. The normalized spacial score (nSPS) is 11.1. The Morgan fingerprint density at radius 2 is 2.05 bits per heavy atom. The third-order valence-electron chi connectivity index (χ3n) is 3.01. The molecule has 2 heterocycles. The van der Waals surface area contributed by atoms with Crippen molar-refractivity contribution in [1.82, 2.24) is 9.38 Å². The first-order chi connectivity index (χ1) is 9.06. The smallest absolute Gasteiger partial charge is 0.139 e. The van der Waals surface area contributed by atoms with Gasteiger partial charge in [0.2, 0.25) is 0 Å². The Morgan fingerprint density at radius 3 is 2.79 bits per heavy atom. The zero-order valence-corrected chi connectivity index (χ0v) is 11.8. The van der Waals surface area contributed by atoms with Crippen LogP contribution < -0.4 is 5.73 Å². The molecule has 2 N–H and O–H groups in total. The summed E-state index contributed by atoms with van der Waals surface area (Å²) in [6.07, 6.45) is 1.88. The molecule has 0 atom stereocenters. The van der Waals surface area contributed by atoms with Gasteiger partial charge in [0.25, 0.3) is 0 Å². The maximum atomic E-state index is 13.3. The Bertz CT molecular complexity index is 780. The molecule has 0 saturated heterocycles. The van der Waals surface area contributed by atoms with Crippen molar-refractivity contribution in [2.24, 2.45) is 0 Å². The Kier molecular flexibility index (Phi) is 2.78. The molecular weight excluding hydrogens is 309 g/mol. The van der Waals surface area contributed by atoms with E-state index in [1.165, 1.54) is 6.07 Å². The topological polar surface area (TPSA) is 43.3 Å². The Labute approximate surface area is 118 Å². The lowest BCUT2D eigenvalue weighted by Gasteiger charge is -2.01. The number of pyridine rings is 1. The van der Waals surface area contributed by atoms with E-state index in [9.17, 15) is 4.39 Å². The standard InChI is InChI=1S/C14H11BrFN3/c1-8-4-5-19-12(6-8)18-13(14(19)17)9-2-3-11(16)10(15)7-9/h2-7H,17H2,1H3. The number of aryl methyl sites for hydroxylation is 1. The number of fused-ring (bicyclic) bond motifs is 1. The average Bonchev–Trinajstić information content (AvgIpc) is 2.70. The number of aromatic nitrogens is 2. The second-order valence-electron chi connectivity index (χ2n) is 4.41. The van der Waals surface area contributed by atoms with Crippen LogP contribution in [0.15, 0.2) is 41.0 Å². The molecular formula is C14H11BrFN3. The van der Waals surface area contributed by atoms with Crippen LogP contribution in [-0.4, -0.2) is 9.38 Å². The van der Waals surface area contributed by atoms with Gasteiger partial charge in [-0.25, -0.2) is 9.37 Å². The molecule has 19 heavy (non-hydrogen) atoms. The van der Waals surface area contributed by atoms with Gasteiger partial charge in [0.1, 0.15) is 23.0 Å². The van der Waals surface area contributed by atoms with E-state index in [1.54, 1.807) is 12.1 Å². The fraction of sp³-hybridized carbons (Fsp3) is 0.0714. The van der Waals surface area contributed by atoms with E-state index in [0.29, 0.717) is 16.0 Å². The van der Waals surface area contributed by atoms with Gasteiger partial charge in [0, 0.05) is 11.8 Å². The molecule has 2 aromatic heterocycles. The first-order valence-corrected chi connectivity index (χ1v) is 6.55. The second-order valence-corrected chi connectivity index (χ2v) is 5.26. The highest BCUT2D eigenvalue weighted by Gasteiger charge is 2.12. The van der Waals surface area contributed by atoms with Crippen molar-refractivity contribution >= 4 is 27.4 Å². The summed E-state index contributed by atoms with van der Waals surface area (Å²) in [6, 6.07) is 8.67. The first-order valence-electron chi connectivity index (χ1n) is 5.76. The van der Waals surface area contributed by atoms with Crippen molar-refractivity contribution in [2.75, 3.05) is 5.73 Å². The molecule has 0 aliphatic carbocycles. The summed E-state index contributed by atoms with van der Waals surface area (Å²) in [5.41, 5.74) is 9.44. The van der Waals surface area contributed by atoms with Crippen LogP contribution in [0.25, 0.3) is 16.9 Å². The molecule has 3 rings (SSSR count). The molecule has 1 aromatic carbocycles. The van der Waals surface area contributed by atoms with Crippen LogP contribution in [0.4, 0.5) is 10.2 Å². The number of anilines is 1. The zero-order valence-electron chi connectivity index (χ0n) is 10.2. The van der Waals surface area contributed by atoms with Crippen LogP contribution in [0.3, 0.4) is 0 Å². The van der Waals surface area contributed by atoms with E-state index < -0.39 is 0 Å². The minimum Gasteiger partial charge on any atom is -0.383 e. The van der Waals surface area contributed by atoms with Gasteiger partial charge in [-0.15, -0.1) is 0 Å². The summed E-state index contributed by atoms with van der Waals surface area (Å²) in [6.45, 7) is 2.00. The lowest BCUT2D eigenvalue weighted by Crippen LogP contribution is -1.94. The number of imidazole rings is 1. The average molecular weight is 320 g/mol. The van der Waals surface area contributed by atoms with Crippen molar-refractivity contribution in [2.45, 2.75) is 6.92 Å². The van der Waals surface area contributed by atoms with Gasteiger partial charge in [-0.05, 0) is 58.7 Å². The SMILES string of the molecule is Cc1ccn2c(N)c(-c3ccc(F)c(Br)c3)nc2c1. The van der Waals surface area contributed by atoms with Gasteiger partial charge in [-0.3, -0.25) is 4.40 Å². The van der Waals surface area contributed by atoms with Gasteiger partial charge >= 0.3 is 0 Å². The molecule has 0 bridgehead atoms. The number of rotatable bonds is 1. The number of hydrogen-bond donors (Lipinski definition) is 1. The van der Waals surface area contributed by atoms with Crippen LogP contribution in [0.5, 0.6) is 0 Å². The van der Waals surface area contributed by atoms with E-state index in [0.717, 1.165) is 16.8 Å². The summed E-state index contributed by atoms with van der Waals surface area (Å²) in [5, 5.41) is 0. The molecule has 0 spiro atoms. The summed E-state index contributed by atoms with van der Waals surface area (Å²) >= 11 is 3.17. The molecule has 0 fully saturated rings. The van der Waals surface area contributed by atoms with Crippen LogP contribution in [0.2, 0.25) is 0 Å². The van der Waals surface area contributed by atoms with Crippen molar-refractivity contribution < 1.29 is 4.39 Å². The Morgan fingerprint density at radius 1 is 1.26 bits per heavy atom. The zero-order chi connectivity index (χ0) is 13.6. The van der Waals surface area contributed by atoms with Crippen LogP contribution in [0.1, 0.15) is 5.56 Å². The number of halogens is 2. The monoisotopic (exact) mass is 319 g/mol. The highest BCUT2D eigenvalue weighted by molar-refractivity contribution is 9.10. The van der Waals surface area contributed by atoms with Gasteiger partial charge in [-0.1, -0.05) is 0 Å². The van der Waals surface area contributed by atoms with Gasteiger partial charge in [-0.2, -0.15) is 0 Å². The molecule has 5 heteroatoms. The van der Waals surface area contributed by atoms with E-state index in [2.05, 4.69) is 20.9 Å². The molecule has 0 unspecified atom stereocenters. The fourth-order valence-corrected chi connectivity index (χ4v) is 2.40. The Hall–Kier alpha value is -1.88. The predicted octanol–water partition coefficient (Wildman–Crippen LogP) is 3.79. The summed E-state index contributed by atoms with van der Waals surface area (Å²) in [7, 11) is 0. The minimum absolute atomic E-state index is 0.304. The van der Waals surface area contributed by atoms with Gasteiger partial charge in [0.05, 0.1) is 4.47 Å². The van der Waals surface area contributed by atoms with Crippen molar-refractivity contribution in [3.05, 3.63) is 52.4 Å². The summed E-state index contributed by atoms with van der Waals surface area (Å²) in [4.78, 5) is 4.51. The lowest BCUT2D eigenvalue weighted by molar-refractivity contribution is 0.621. The third kappa shape index (κ3) is 2.00. The van der Waals surface area contributed by atoms with Crippen molar-refractivity contribution in [1.29, 1.82) is 0 Å². The first kappa shape index (κ1) is 12.2. The summed E-state index contributed by atoms with van der Waals surface area (Å²) in [5.74, 6) is 0.246. The number of nitrogens with zero attached hydrogens (tertiary/aromatic N) is 2. The van der Waals surface area contributed by atoms with E-state index in [1.807, 2.05) is 29.7 Å². The minimum atomic E-state index is -0.304. The molecule has 3 nitrogen and oxygen atoms in total. The van der Waals surface area contributed by atoms with Gasteiger partial charge in [0.15, 0.2) is 0 Å². The van der Waals surface area contributed by atoms with Crippen LogP contribution in [0, 0.1) is 12.7 Å². The number of nitrogens with two attached hydrogens (primary N) is 1. The molecule has 0 aliphatic heterocycles. The molecule has 96 valence electrons. The number of hydrogen-bond acceptors (Lipinski definition) is 2. The largest absolute Gasteiger partial charge is 0.383 e. The summed E-state index contributed by atoms with van der Waals surface area (Å²) < 4.78 is 15.5. The molecule has 0 aliphatic rings. The maximum Gasteiger partial charge on any atom is 0.139 e. The molecule has 0 radical (unpaired) electrons. The molecule has 0 amide bonds. The predicted molar refractivity (Wildman–Crippen MR) is 77.4 cm³/mol. The highest BCUT2D eigenvalue weighted by Crippen LogP contribution is 2.29. The Balaban J connectivity index is 2.24.